The smallest absolute Gasteiger partial charge is 0.325 e. The summed E-state index contributed by atoms with van der Waals surface area (Å²) in [5.41, 5.74) is 1.79. The summed E-state index contributed by atoms with van der Waals surface area (Å²) >= 11 is 0. The zero-order valence-corrected chi connectivity index (χ0v) is 18.4. The van der Waals surface area contributed by atoms with E-state index in [1.54, 1.807) is 38.3 Å². The first kappa shape index (κ1) is 22.3. The third kappa shape index (κ3) is 4.87. The molecule has 31 heavy (non-hydrogen) atoms. The van der Waals surface area contributed by atoms with Crippen molar-refractivity contribution in [1.82, 2.24) is 15.5 Å². The van der Waals surface area contributed by atoms with Crippen molar-refractivity contribution in [1.29, 1.82) is 0 Å². The van der Waals surface area contributed by atoms with Crippen LogP contribution in [0.2, 0.25) is 0 Å². The second-order valence-electron chi connectivity index (χ2n) is 8.17. The average Bonchev–Trinajstić information content (AvgIpc) is 2.98. The number of urea groups is 1. The molecule has 2 aromatic carbocycles. The minimum atomic E-state index is -1.22. The Labute approximate surface area is 182 Å². The van der Waals surface area contributed by atoms with Crippen LogP contribution in [0.3, 0.4) is 0 Å². The number of ether oxygens (including phenoxy) is 1. The van der Waals surface area contributed by atoms with E-state index in [9.17, 15) is 14.4 Å². The van der Waals surface area contributed by atoms with E-state index in [4.69, 9.17) is 4.74 Å². The molecule has 1 aliphatic rings. The molecule has 1 aliphatic heterocycles. The summed E-state index contributed by atoms with van der Waals surface area (Å²) in [6.45, 7) is 6.03. The predicted molar refractivity (Wildman–Crippen MR) is 118 cm³/mol. The van der Waals surface area contributed by atoms with Crippen LogP contribution in [0.1, 0.15) is 43.4 Å². The molecule has 1 fully saturated rings. The van der Waals surface area contributed by atoms with Gasteiger partial charge in [0.1, 0.15) is 17.8 Å². The molecular formula is C24H29N3O4. The van der Waals surface area contributed by atoms with Gasteiger partial charge in [0.25, 0.3) is 5.91 Å². The zero-order valence-electron chi connectivity index (χ0n) is 18.4. The summed E-state index contributed by atoms with van der Waals surface area (Å²) in [4.78, 5) is 38.7. The van der Waals surface area contributed by atoms with Crippen LogP contribution < -0.4 is 15.4 Å². The molecule has 0 aromatic heterocycles. The van der Waals surface area contributed by atoms with Crippen molar-refractivity contribution >= 4 is 17.8 Å². The molecule has 2 aromatic rings. The highest BCUT2D eigenvalue weighted by atomic mass is 16.5. The van der Waals surface area contributed by atoms with Gasteiger partial charge in [-0.15, -0.1) is 0 Å². The van der Waals surface area contributed by atoms with E-state index in [-0.39, 0.29) is 12.5 Å². The van der Waals surface area contributed by atoms with Crippen LogP contribution in [-0.4, -0.2) is 42.9 Å². The molecule has 0 bridgehead atoms. The van der Waals surface area contributed by atoms with Gasteiger partial charge in [-0.05, 0) is 48.1 Å². The van der Waals surface area contributed by atoms with Crippen LogP contribution in [0.15, 0.2) is 48.5 Å². The van der Waals surface area contributed by atoms with Gasteiger partial charge in [0.05, 0.1) is 7.11 Å². The molecule has 4 amide bonds. The van der Waals surface area contributed by atoms with Gasteiger partial charge in [-0.3, -0.25) is 14.5 Å². The molecule has 0 aliphatic carbocycles. The van der Waals surface area contributed by atoms with Crippen LogP contribution in [0, 0.1) is 0 Å². The predicted octanol–water partition coefficient (Wildman–Crippen LogP) is 2.94. The standard InChI is InChI=1S/C24H29N3O4/c1-16(2)18-7-5-17(6-8-18)13-14-25-21(28)15-27-22(29)24(3,26-23(27)30)19-9-11-20(31-4)12-10-19/h5-12,16H,13-15H2,1-4H3,(H,25,28)(H,26,30)/t24-/m1/s1. The zero-order chi connectivity index (χ0) is 22.6. The van der Waals surface area contributed by atoms with Crippen molar-refractivity contribution in [3.05, 3.63) is 65.2 Å². The number of imide groups is 1. The van der Waals surface area contributed by atoms with Crippen molar-refractivity contribution < 1.29 is 19.1 Å². The molecule has 0 saturated carbocycles. The number of carbonyl (C=O) groups is 3. The van der Waals surface area contributed by atoms with E-state index >= 15 is 0 Å². The number of rotatable bonds is 8. The normalized spacial score (nSPS) is 18.3. The largest absolute Gasteiger partial charge is 0.497 e. The lowest BCUT2D eigenvalue weighted by molar-refractivity contribution is -0.134. The maximum atomic E-state index is 12.9. The molecule has 1 atom stereocenters. The molecule has 164 valence electrons. The third-order valence-electron chi connectivity index (χ3n) is 5.63. The number of nitrogens with one attached hydrogen (secondary N) is 2. The highest BCUT2D eigenvalue weighted by Gasteiger charge is 2.49. The third-order valence-corrected chi connectivity index (χ3v) is 5.63. The Morgan fingerprint density at radius 1 is 1.10 bits per heavy atom. The van der Waals surface area contributed by atoms with Crippen LogP contribution >= 0.6 is 0 Å². The lowest BCUT2D eigenvalue weighted by atomic mass is 9.92. The molecule has 0 spiro atoms. The quantitative estimate of drug-likeness (QED) is 0.639. The van der Waals surface area contributed by atoms with E-state index in [1.165, 1.54) is 5.56 Å². The summed E-state index contributed by atoms with van der Waals surface area (Å²) in [7, 11) is 1.56. The van der Waals surface area contributed by atoms with Gasteiger partial charge in [-0.25, -0.2) is 4.79 Å². The molecule has 3 rings (SSSR count). The second kappa shape index (κ2) is 9.20. The Morgan fingerprint density at radius 3 is 2.32 bits per heavy atom. The van der Waals surface area contributed by atoms with E-state index < -0.39 is 17.5 Å². The van der Waals surface area contributed by atoms with Gasteiger partial charge in [-0.1, -0.05) is 50.2 Å². The van der Waals surface area contributed by atoms with Crippen molar-refractivity contribution in [2.24, 2.45) is 0 Å². The number of nitrogens with zero attached hydrogens (tertiary/aromatic N) is 1. The van der Waals surface area contributed by atoms with E-state index in [1.807, 2.05) is 0 Å². The SMILES string of the molecule is COc1ccc([C@@]2(C)NC(=O)N(CC(=O)NCCc3ccc(C(C)C)cc3)C2=O)cc1. The fraction of sp³-hybridized carbons (Fsp3) is 0.375. The van der Waals surface area contributed by atoms with Crippen LogP contribution in [0.5, 0.6) is 5.75 Å². The summed E-state index contributed by atoms with van der Waals surface area (Å²) in [6, 6.07) is 14.6. The first-order chi connectivity index (χ1) is 14.7. The monoisotopic (exact) mass is 423 g/mol. The van der Waals surface area contributed by atoms with Gasteiger partial charge in [0.2, 0.25) is 5.91 Å². The lowest BCUT2D eigenvalue weighted by Gasteiger charge is -2.22. The number of methoxy groups -OCH3 is 1. The molecule has 7 heteroatoms. The molecule has 0 radical (unpaired) electrons. The van der Waals surface area contributed by atoms with Crippen molar-refractivity contribution in [3.8, 4) is 5.75 Å². The average molecular weight is 424 g/mol. The fourth-order valence-corrected chi connectivity index (χ4v) is 3.58. The Hall–Kier alpha value is -3.35. The van der Waals surface area contributed by atoms with Crippen LogP contribution in [0.25, 0.3) is 0 Å². The Kier molecular flexibility index (Phi) is 6.63. The molecule has 2 N–H and O–H groups in total. The summed E-state index contributed by atoms with van der Waals surface area (Å²) in [5, 5.41) is 5.49. The topological polar surface area (TPSA) is 87.7 Å². The highest BCUT2D eigenvalue weighted by Crippen LogP contribution is 2.29. The minimum Gasteiger partial charge on any atom is -0.497 e. The Morgan fingerprint density at radius 2 is 1.74 bits per heavy atom. The second-order valence-corrected chi connectivity index (χ2v) is 8.17. The van der Waals surface area contributed by atoms with Gasteiger partial charge < -0.3 is 15.4 Å². The van der Waals surface area contributed by atoms with Crippen molar-refractivity contribution in [2.45, 2.75) is 38.6 Å². The molecule has 0 unspecified atom stereocenters. The van der Waals surface area contributed by atoms with E-state index in [0.717, 1.165) is 10.5 Å². The van der Waals surface area contributed by atoms with E-state index in [2.05, 4.69) is 48.7 Å². The number of benzene rings is 2. The molecule has 1 heterocycles. The molecular weight excluding hydrogens is 394 g/mol. The molecule has 1 saturated heterocycles. The highest BCUT2D eigenvalue weighted by molar-refractivity contribution is 6.09. The Balaban J connectivity index is 1.55. The summed E-state index contributed by atoms with van der Waals surface area (Å²) < 4.78 is 5.14. The number of carbonyl (C=O) groups excluding carboxylic acids is 3. The number of hydrogen-bond donors (Lipinski definition) is 2. The van der Waals surface area contributed by atoms with Gasteiger partial charge >= 0.3 is 6.03 Å². The van der Waals surface area contributed by atoms with Crippen LogP contribution in [0.4, 0.5) is 4.79 Å². The first-order valence-electron chi connectivity index (χ1n) is 10.4. The summed E-state index contributed by atoms with van der Waals surface area (Å²) in [6.07, 6.45) is 0.674. The maximum Gasteiger partial charge on any atom is 0.325 e. The Bertz CT molecular complexity index is 954. The van der Waals surface area contributed by atoms with Gasteiger partial charge in [-0.2, -0.15) is 0 Å². The first-order valence-corrected chi connectivity index (χ1v) is 10.4. The van der Waals surface area contributed by atoms with Gasteiger partial charge in [0, 0.05) is 6.54 Å². The summed E-state index contributed by atoms with van der Waals surface area (Å²) in [5.74, 6) is 0.295. The fourth-order valence-electron chi connectivity index (χ4n) is 3.58. The van der Waals surface area contributed by atoms with Crippen molar-refractivity contribution in [2.75, 3.05) is 20.2 Å². The van der Waals surface area contributed by atoms with E-state index in [0.29, 0.717) is 30.2 Å². The lowest BCUT2D eigenvalue weighted by Crippen LogP contribution is -2.43. The molecule has 7 nitrogen and oxygen atoms in total. The van der Waals surface area contributed by atoms with Crippen molar-refractivity contribution in [3.63, 3.8) is 0 Å². The minimum absolute atomic E-state index is 0.317. The number of hydrogen-bond acceptors (Lipinski definition) is 4. The number of amides is 4. The van der Waals surface area contributed by atoms with Crippen LogP contribution in [-0.2, 0) is 21.5 Å². The van der Waals surface area contributed by atoms with Gasteiger partial charge in [0.15, 0.2) is 0 Å². The maximum absolute atomic E-state index is 12.9.